The van der Waals surface area contributed by atoms with E-state index >= 15 is 0 Å². The minimum absolute atomic E-state index is 0.188. The van der Waals surface area contributed by atoms with Crippen LogP contribution in [0.4, 0.5) is 0 Å². The van der Waals surface area contributed by atoms with E-state index in [9.17, 15) is 4.79 Å². The molecule has 19 heavy (non-hydrogen) atoms. The van der Waals surface area contributed by atoms with E-state index in [0.717, 1.165) is 26.1 Å². The molecule has 0 saturated carbocycles. The Morgan fingerprint density at radius 3 is 2.63 bits per heavy atom. The molecule has 2 heterocycles. The summed E-state index contributed by atoms with van der Waals surface area (Å²) in [5.74, 6) is 0.861. The second-order valence-corrected chi connectivity index (χ2v) is 5.91. The van der Waals surface area contributed by atoms with Gasteiger partial charge in [-0.05, 0) is 51.6 Å². The Labute approximate surface area is 116 Å². The number of carbonyl (C=O) groups is 1. The molecule has 2 unspecified atom stereocenters. The summed E-state index contributed by atoms with van der Waals surface area (Å²) < 4.78 is 5.24. The number of rotatable bonds is 3. The average Bonchev–Trinajstić information content (AvgIpc) is 2.72. The molecule has 0 aromatic heterocycles. The lowest BCUT2D eigenvalue weighted by atomic mass is 9.86. The molecule has 0 bridgehead atoms. The van der Waals surface area contributed by atoms with Crippen LogP contribution in [-0.2, 0) is 9.53 Å². The molecular weight excluding hydrogens is 240 g/mol. The highest BCUT2D eigenvalue weighted by atomic mass is 16.5. The van der Waals surface area contributed by atoms with E-state index in [2.05, 4.69) is 10.2 Å². The number of nitrogens with one attached hydrogen (secondary N) is 1. The molecule has 1 amide bonds. The lowest BCUT2D eigenvalue weighted by Crippen LogP contribution is -2.50. The van der Waals surface area contributed by atoms with Crippen LogP contribution in [0.15, 0.2) is 0 Å². The van der Waals surface area contributed by atoms with Gasteiger partial charge in [-0.25, -0.2) is 0 Å². The van der Waals surface area contributed by atoms with Crippen LogP contribution in [0, 0.1) is 5.92 Å². The van der Waals surface area contributed by atoms with E-state index in [1.807, 2.05) is 6.92 Å². The van der Waals surface area contributed by atoms with Crippen molar-refractivity contribution in [2.24, 2.45) is 5.92 Å². The smallest absolute Gasteiger partial charge is 0.251 e. The normalized spacial score (nSPS) is 27.9. The minimum Gasteiger partial charge on any atom is -0.372 e. The van der Waals surface area contributed by atoms with E-state index in [1.165, 1.54) is 32.1 Å². The number of likely N-dealkylation sites (tertiary alicyclic amines) is 1. The highest BCUT2D eigenvalue weighted by Gasteiger charge is 2.34. The van der Waals surface area contributed by atoms with Gasteiger partial charge in [-0.1, -0.05) is 12.8 Å². The molecule has 2 saturated heterocycles. The molecule has 2 rings (SSSR count). The van der Waals surface area contributed by atoms with Gasteiger partial charge in [-0.2, -0.15) is 0 Å². The van der Waals surface area contributed by atoms with E-state index in [1.54, 1.807) is 7.11 Å². The SMILES string of the molecule is COC(C)C(=O)N1CCCCCC1C1CCNCC1. The van der Waals surface area contributed by atoms with E-state index in [4.69, 9.17) is 4.74 Å². The first-order valence-electron chi connectivity index (χ1n) is 7.78. The number of piperidine rings is 1. The number of amides is 1. The molecule has 2 aliphatic rings. The van der Waals surface area contributed by atoms with Gasteiger partial charge < -0.3 is 15.0 Å². The first-order chi connectivity index (χ1) is 9.24. The van der Waals surface area contributed by atoms with Crippen molar-refractivity contribution in [1.29, 1.82) is 0 Å². The van der Waals surface area contributed by atoms with Gasteiger partial charge in [-0.3, -0.25) is 4.79 Å². The minimum atomic E-state index is -0.303. The summed E-state index contributed by atoms with van der Waals surface area (Å²) in [6, 6.07) is 0.440. The van der Waals surface area contributed by atoms with Gasteiger partial charge in [0.05, 0.1) is 0 Å². The molecule has 0 aliphatic carbocycles. The fraction of sp³-hybridized carbons (Fsp3) is 0.933. The van der Waals surface area contributed by atoms with Crippen molar-refractivity contribution in [3.63, 3.8) is 0 Å². The van der Waals surface area contributed by atoms with Crippen molar-refractivity contribution in [1.82, 2.24) is 10.2 Å². The van der Waals surface area contributed by atoms with Crippen molar-refractivity contribution in [3.05, 3.63) is 0 Å². The number of hydrogen-bond acceptors (Lipinski definition) is 3. The van der Waals surface area contributed by atoms with Crippen LogP contribution >= 0.6 is 0 Å². The fourth-order valence-corrected chi connectivity index (χ4v) is 3.46. The molecule has 110 valence electrons. The maximum atomic E-state index is 12.5. The van der Waals surface area contributed by atoms with Crippen LogP contribution in [0.25, 0.3) is 0 Å². The Balaban J connectivity index is 2.07. The summed E-state index contributed by atoms with van der Waals surface area (Å²) >= 11 is 0. The largest absolute Gasteiger partial charge is 0.372 e. The zero-order chi connectivity index (χ0) is 13.7. The molecule has 2 atom stereocenters. The lowest BCUT2D eigenvalue weighted by Gasteiger charge is -2.39. The van der Waals surface area contributed by atoms with Crippen molar-refractivity contribution in [3.8, 4) is 0 Å². The topological polar surface area (TPSA) is 41.6 Å². The van der Waals surface area contributed by atoms with E-state index in [-0.39, 0.29) is 12.0 Å². The first-order valence-corrected chi connectivity index (χ1v) is 7.78. The van der Waals surface area contributed by atoms with Crippen molar-refractivity contribution in [2.75, 3.05) is 26.7 Å². The predicted octanol–water partition coefficient (Wildman–Crippen LogP) is 1.79. The highest BCUT2D eigenvalue weighted by Crippen LogP contribution is 2.28. The van der Waals surface area contributed by atoms with Gasteiger partial charge in [0, 0.05) is 19.7 Å². The second-order valence-electron chi connectivity index (χ2n) is 5.91. The van der Waals surface area contributed by atoms with Gasteiger partial charge in [0.15, 0.2) is 0 Å². The van der Waals surface area contributed by atoms with Crippen LogP contribution in [0.3, 0.4) is 0 Å². The third-order valence-electron chi connectivity index (χ3n) is 4.71. The fourth-order valence-electron chi connectivity index (χ4n) is 3.46. The van der Waals surface area contributed by atoms with Crippen LogP contribution in [0.5, 0.6) is 0 Å². The zero-order valence-electron chi connectivity index (χ0n) is 12.4. The Kier molecular flexibility index (Phi) is 5.64. The van der Waals surface area contributed by atoms with Crippen molar-refractivity contribution < 1.29 is 9.53 Å². The quantitative estimate of drug-likeness (QED) is 0.848. The van der Waals surface area contributed by atoms with Crippen molar-refractivity contribution >= 4 is 5.91 Å². The second kappa shape index (κ2) is 7.25. The van der Waals surface area contributed by atoms with Gasteiger partial charge in [0.1, 0.15) is 6.10 Å². The number of nitrogens with zero attached hydrogens (tertiary/aromatic N) is 1. The molecule has 4 nitrogen and oxygen atoms in total. The number of carbonyl (C=O) groups excluding carboxylic acids is 1. The van der Waals surface area contributed by atoms with Crippen LogP contribution in [0.1, 0.15) is 45.4 Å². The summed E-state index contributed by atoms with van der Waals surface area (Å²) in [4.78, 5) is 14.7. The zero-order valence-corrected chi connectivity index (χ0v) is 12.4. The molecule has 0 aromatic rings. The Morgan fingerprint density at radius 2 is 1.95 bits per heavy atom. The van der Waals surface area contributed by atoms with Gasteiger partial charge >= 0.3 is 0 Å². The summed E-state index contributed by atoms with van der Waals surface area (Å²) in [5, 5.41) is 3.42. The van der Waals surface area contributed by atoms with E-state index < -0.39 is 0 Å². The molecule has 2 fully saturated rings. The molecule has 0 radical (unpaired) electrons. The molecule has 1 N–H and O–H groups in total. The summed E-state index contributed by atoms with van der Waals surface area (Å²) in [5.41, 5.74) is 0. The van der Waals surface area contributed by atoms with Gasteiger partial charge in [-0.15, -0.1) is 0 Å². The lowest BCUT2D eigenvalue weighted by molar-refractivity contribution is -0.144. The third kappa shape index (κ3) is 3.69. The summed E-state index contributed by atoms with van der Waals surface area (Å²) in [6.07, 6.45) is 6.94. The molecule has 0 aromatic carbocycles. The summed E-state index contributed by atoms with van der Waals surface area (Å²) in [6.45, 7) is 4.99. The van der Waals surface area contributed by atoms with Crippen molar-refractivity contribution in [2.45, 2.75) is 57.6 Å². The summed E-state index contributed by atoms with van der Waals surface area (Å²) in [7, 11) is 1.62. The standard InChI is InChI=1S/C15H28N2O2/c1-12(19-2)15(18)17-11-5-3-4-6-14(17)13-7-9-16-10-8-13/h12-14,16H,3-11H2,1-2H3. The monoisotopic (exact) mass is 268 g/mol. The molecular formula is C15H28N2O2. The Hall–Kier alpha value is -0.610. The Morgan fingerprint density at radius 1 is 1.21 bits per heavy atom. The van der Waals surface area contributed by atoms with Gasteiger partial charge in [0.25, 0.3) is 5.91 Å². The van der Waals surface area contributed by atoms with Crippen LogP contribution in [-0.4, -0.2) is 49.7 Å². The predicted molar refractivity (Wildman–Crippen MR) is 76.0 cm³/mol. The highest BCUT2D eigenvalue weighted by molar-refractivity contribution is 5.80. The average molecular weight is 268 g/mol. The maximum Gasteiger partial charge on any atom is 0.251 e. The molecule has 0 spiro atoms. The number of methoxy groups -OCH3 is 1. The third-order valence-corrected chi connectivity index (χ3v) is 4.71. The maximum absolute atomic E-state index is 12.5. The molecule has 2 aliphatic heterocycles. The Bertz CT molecular complexity index is 290. The van der Waals surface area contributed by atoms with Crippen LogP contribution in [0.2, 0.25) is 0 Å². The first kappa shape index (κ1) is 14.8. The number of ether oxygens (including phenoxy) is 1. The van der Waals surface area contributed by atoms with E-state index in [0.29, 0.717) is 12.0 Å². The molecule has 4 heteroatoms. The van der Waals surface area contributed by atoms with Gasteiger partial charge in [0.2, 0.25) is 0 Å². The van der Waals surface area contributed by atoms with Crippen LogP contribution < -0.4 is 5.32 Å². The number of hydrogen-bond donors (Lipinski definition) is 1.